The molecule has 0 aromatic carbocycles. The number of piperazine rings is 1. The lowest BCUT2D eigenvalue weighted by molar-refractivity contribution is 0.160. The van der Waals surface area contributed by atoms with Gasteiger partial charge in [-0.05, 0) is 25.0 Å². The summed E-state index contributed by atoms with van der Waals surface area (Å²) in [5, 5.41) is 8.09. The van der Waals surface area contributed by atoms with Crippen LogP contribution in [0.2, 0.25) is 0 Å². The lowest BCUT2D eigenvalue weighted by atomic mass is 10.1. The number of nitrogens with one attached hydrogen (secondary N) is 1. The molecule has 2 atom stereocenters. The normalized spacial score (nSPS) is 26.6. The number of thioether (sulfide) groups is 1. The van der Waals surface area contributed by atoms with Crippen LogP contribution in [0, 0.1) is 0 Å². The molecule has 3 heterocycles. The Morgan fingerprint density at radius 1 is 1.40 bits per heavy atom. The van der Waals surface area contributed by atoms with Crippen molar-refractivity contribution >= 4 is 11.8 Å². The first kappa shape index (κ1) is 14.4. The fourth-order valence-corrected chi connectivity index (χ4v) is 4.27. The van der Waals surface area contributed by atoms with Gasteiger partial charge in [0, 0.05) is 26.2 Å². The molecule has 2 fully saturated rings. The zero-order chi connectivity index (χ0) is 13.8. The molecule has 1 aromatic rings. The molecule has 2 aliphatic rings. The summed E-state index contributed by atoms with van der Waals surface area (Å²) in [5.41, 5.74) is 0. The van der Waals surface area contributed by atoms with Gasteiger partial charge in [0.2, 0.25) is 5.89 Å². The molecule has 2 unspecified atom stereocenters. The van der Waals surface area contributed by atoms with Gasteiger partial charge in [0.15, 0.2) is 5.82 Å². The predicted molar refractivity (Wildman–Crippen MR) is 80.8 cm³/mol. The standard InChI is InChI=1S/C14H24N4OS/c1-2-11(18-8-6-15-7-9-18)13-16-14(19-17-13)12-5-3-4-10-20-12/h11-12,15H,2-10H2,1H3. The molecule has 1 aromatic heterocycles. The largest absolute Gasteiger partial charge is 0.338 e. The Balaban J connectivity index is 1.70. The van der Waals surface area contributed by atoms with E-state index in [1.165, 1.54) is 25.0 Å². The maximum Gasteiger partial charge on any atom is 0.239 e. The van der Waals surface area contributed by atoms with Crippen molar-refractivity contribution in [1.29, 1.82) is 0 Å². The minimum absolute atomic E-state index is 0.309. The van der Waals surface area contributed by atoms with Crippen LogP contribution in [-0.2, 0) is 0 Å². The lowest BCUT2D eigenvalue weighted by Crippen LogP contribution is -2.45. The first-order chi connectivity index (χ1) is 9.88. The van der Waals surface area contributed by atoms with Gasteiger partial charge in [0.1, 0.15) is 0 Å². The lowest BCUT2D eigenvalue weighted by Gasteiger charge is -2.32. The van der Waals surface area contributed by atoms with Crippen molar-refractivity contribution in [3.05, 3.63) is 11.7 Å². The van der Waals surface area contributed by atoms with Crippen LogP contribution >= 0.6 is 11.8 Å². The molecule has 5 nitrogen and oxygen atoms in total. The van der Waals surface area contributed by atoms with E-state index >= 15 is 0 Å². The van der Waals surface area contributed by atoms with Crippen LogP contribution in [0.15, 0.2) is 4.52 Å². The molecule has 2 aliphatic heterocycles. The van der Waals surface area contributed by atoms with Crippen LogP contribution in [0.4, 0.5) is 0 Å². The topological polar surface area (TPSA) is 54.2 Å². The van der Waals surface area contributed by atoms with Gasteiger partial charge in [0.05, 0.1) is 11.3 Å². The number of hydrogen-bond acceptors (Lipinski definition) is 6. The first-order valence-electron chi connectivity index (χ1n) is 7.78. The Labute approximate surface area is 124 Å². The number of rotatable bonds is 4. The highest BCUT2D eigenvalue weighted by Gasteiger charge is 2.27. The van der Waals surface area contributed by atoms with Crippen LogP contribution in [0.3, 0.4) is 0 Å². The van der Waals surface area contributed by atoms with E-state index in [1.807, 2.05) is 11.8 Å². The Bertz CT molecular complexity index is 413. The van der Waals surface area contributed by atoms with Crippen molar-refractivity contribution in [2.24, 2.45) is 0 Å². The minimum atomic E-state index is 0.309. The molecule has 6 heteroatoms. The van der Waals surface area contributed by atoms with E-state index in [2.05, 4.69) is 22.3 Å². The van der Waals surface area contributed by atoms with Gasteiger partial charge >= 0.3 is 0 Å². The number of aromatic nitrogens is 2. The quantitative estimate of drug-likeness (QED) is 0.920. The van der Waals surface area contributed by atoms with E-state index in [1.54, 1.807) is 0 Å². The van der Waals surface area contributed by atoms with Gasteiger partial charge in [-0.3, -0.25) is 4.90 Å². The van der Waals surface area contributed by atoms with E-state index < -0.39 is 0 Å². The molecule has 112 valence electrons. The van der Waals surface area contributed by atoms with Gasteiger partial charge < -0.3 is 9.84 Å². The minimum Gasteiger partial charge on any atom is -0.338 e. The summed E-state index contributed by atoms with van der Waals surface area (Å²) in [6.07, 6.45) is 4.82. The molecule has 2 saturated heterocycles. The molecular weight excluding hydrogens is 272 g/mol. The van der Waals surface area contributed by atoms with Gasteiger partial charge in [-0.2, -0.15) is 4.98 Å². The van der Waals surface area contributed by atoms with E-state index in [4.69, 9.17) is 9.51 Å². The van der Waals surface area contributed by atoms with E-state index in [0.717, 1.165) is 44.3 Å². The smallest absolute Gasteiger partial charge is 0.239 e. The summed E-state index contributed by atoms with van der Waals surface area (Å²) in [4.78, 5) is 7.19. The highest BCUT2D eigenvalue weighted by molar-refractivity contribution is 7.99. The van der Waals surface area contributed by atoms with Crippen molar-refractivity contribution in [1.82, 2.24) is 20.4 Å². The van der Waals surface area contributed by atoms with Crippen LogP contribution < -0.4 is 5.32 Å². The summed E-state index contributed by atoms with van der Waals surface area (Å²) in [5.74, 6) is 2.95. The highest BCUT2D eigenvalue weighted by atomic mass is 32.2. The fraction of sp³-hybridized carbons (Fsp3) is 0.857. The van der Waals surface area contributed by atoms with Gasteiger partial charge in [-0.25, -0.2) is 0 Å². The third-order valence-electron chi connectivity index (χ3n) is 4.19. The highest BCUT2D eigenvalue weighted by Crippen LogP contribution is 2.38. The van der Waals surface area contributed by atoms with Gasteiger partial charge in [0.25, 0.3) is 0 Å². The zero-order valence-corrected chi connectivity index (χ0v) is 13.0. The Kier molecular flexibility index (Phi) is 4.96. The molecule has 0 aliphatic carbocycles. The van der Waals surface area contributed by atoms with Crippen molar-refractivity contribution in [3.63, 3.8) is 0 Å². The van der Waals surface area contributed by atoms with Crippen molar-refractivity contribution in [2.45, 2.75) is 43.9 Å². The summed E-state index contributed by atoms with van der Waals surface area (Å²) in [7, 11) is 0. The maximum atomic E-state index is 5.55. The average molecular weight is 296 g/mol. The second kappa shape index (κ2) is 6.91. The van der Waals surface area contributed by atoms with Crippen molar-refractivity contribution in [3.8, 4) is 0 Å². The molecule has 0 spiro atoms. The predicted octanol–water partition coefficient (Wildman–Crippen LogP) is 2.38. The van der Waals surface area contributed by atoms with E-state index in [-0.39, 0.29) is 0 Å². The Morgan fingerprint density at radius 3 is 2.95 bits per heavy atom. The SMILES string of the molecule is CCC(c1noc(C2CCCCS2)n1)N1CCNCC1. The van der Waals surface area contributed by atoms with E-state index in [9.17, 15) is 0 Å². The number of nitrogens with zero attached hydrogens (tertiary/aromatic N) is 3. The van der Waals surface area contributed by atoms with E-state index in [0.29, 0.717) is 11.3 Å². The second-order valence-corrected chi connectivity index (χ2v) is 6.87. The zero-order valence-electron chi connectivity index (χ0n) is 12.2. The molecule has 0 bridgehead atoms. The van der Waals surface area contributed by atoms with Crippen LogP contribution in [0.5, 0.6) is 0 Å². The molecular formula is C14H24N4OS. The van der Waals surface area contributed by atoms with Gasteiger partial charge in [-0.15, -0.1) is 11.8 Å². The monoisotopic (exact) mass is 296 g/mol. The van der Waals surface area contributed by atoms with Crippen molar-refractivity contribution < 1.29 is 4.52 Å². The molecule has 1 N–H and O–H groups in total. The molecule has 0 saturated carbocycles. The van der Waals surface area contributed by atoms with Crippen LogP contribution in [-0.4, -0.2) is 47.0 Å². The third-order valence-corrected chi connectivity index (χ3v) is 5.55. The maximum absolute atomic E-state index is 5.55. The second-order valence-electron chi connectivity index (χ2n) is 5.56. The fourth-order valence-electron chi connectivity index (χ4n) is 3.05. The van der Waals surface area contributed by atoms with Crippen LogP contribution in [0.1, 0.15) is 55.6 Å². The van der Waals surface area contributed by atoms with Crippen molar-refractivity contribution in [2.75, 3.05) is 31.9 Å². The third kappa shape index (κ3) is 3.18. The average Bonchev–Trinajstić information content (AvgIpc) is 3.00. The molecule has 0 amide bonds. The Hall–Kier alpha value is -0.590. The number of hydrogen-bond donors (Lipinski definition) is 1. The van der Waals surface area contributed by atoms with Gasteiger partial charge in [-0.1, -0.05) is 18.5 Å². The summed E-state index contributed by atoms with van der Waals surface area (Å²) in [6.45, 7) is 6.46. The summed E-state index contributed by atoms with van der Waals surface area (Å²) in [6, 6.07) is 0.309. The Morgan fingerprint density at radius 2 is 2.25 bits per heavy atom. The molecule has 20 heavy (non-hydrogen) atoms. The summed E-state index contributed by atoms with van der Waals surface area (Å²) >= 11 is 1.96. The van der Waals surface area contributed by atoms with Crippen LogP contribution in [0.25, 0.3) is 0 Å². The summed E-state index contributed by atoms with van der Waals surface area (Å²) < 4.78 is 5.55. The molecule has 3 rings (SSSR count). The molecule has 0 radical (unpaired) electrons. The first-order valence-corrected chi connectivity index (χ1v) is 8.83.